The molecule has 0 atom stereocenters. The van der Waals surface area contributed by atoms with Gasteiger partial charge in [-0.05, 0) is 38.7 Å². The van der Waals surface area contributed by atoms with E-state index in [2.05, 4.69) is 19.6 Å². The van der Waals surface area contributed by atoms with Gasteiger partial charge in [-0.25, -0.2) is 0 Å². The molecule has 0 fully saturated rings. The topological polar surface area (TPSA) is 98.8 Å². The van der Waals surface area contributed by atoms with Crippen molar-refractivity contribution < 1.29 is 40.7 Å². The van der Waals surface area contributed by atoms with Crippen LogP contribution in [0.3, 0.4) is 0 Å². The summed E-state index contributed by atoms with van der Waals surface area (Å²) in [6.45, 7) is 13.4. The van der Waals surface area contributed by atoms with Crippen molar-refractivity contribution in [1.29, 1.82) is 0 Å². The van der Waals surface area contributed by atoms with E-state index in [1.165, 1.54) is 12.1 Å². The van der Waals surface area contributed by atoms with Crippen LogP contribution in [0.2, 0.25) is 19.6 Å². The molecule has 1 aromatic rings. The Morgan fingerprint density at radius 3 is 1.36 bits per heavy atom. The number of rotatable bonds is 21. The average Bonchev–Trinajstić information content (AvgIpc) is 2.75. The predicted octanol–water partition coefficient (Wildman–Crippen LogP) is 2.63. The second-order valence-electron chi connectivity index (χ2n) is 8.11. The number of benzene rings is 1. The summed E-state index contributed by atoms with van der Waals surface area (Å²) in [7, 11) is -5.21. The molecule has 0 unspecified atom stereocenters. The Morgan fingerprint density at radius 1 is 0.606 bits per heavy atom. The summed E-state index contributed by atoms with van der Waals surface area (Å²) in [5, 5.41) is 0. The van der Waals surface area contributed by atoms with Crippen LogP contribution < -0.4 is 0 Å². The molecule has 9 nitrogen and oxygen atoms in total. The molecule has 0 saturated carbocycles. The monoisotopic (exact) mass is 508 g/mol. The van der Waals surface area contributed by atoms with Crippen LogP contribution in [-0.4, -0.2) is 96.0 Å². The van der Waals surface area contributed by atoms with E-state index in [1.54, 1.807) is 12.1 Å². The first-order valence-corrected chi connectivity index (χ1v) is 16.0. The zero-order chi connectivity index (χ0) is 24.4. The molecule has 0 aliphatic rings. The minimum absolute atomic E-state index is 0.0450. The summed E-state index contributed by atoms with van der Waals surface area (Å²) in [5.41, 5.74) is 0.983. The normalized spacial score (nSPS) is 12.4. The lowest BCUT2D eigenvalue weighted by molar-refractivity contribution is -0.0142. The average molecular weight is 509 g/mol. The largest absolute Gasteiger partial charge is 0.415 e. The van der Waals surface area contributed by atoms with Gasteiger partial charge in [0.15, 0.2) is 8.32 Å². The summed E-state index contributed by atoms with van der Waals surface area (Å²) in [6, 6.07) is 6.50. The maximum atomic E-state index is 12.0. The first-order valence-electron chi connectivity index (χ1n) is 11.2. The molecule has 33 heavy (non-hydrogen) atoms. The molecule has 0 saturated heterocycles. The third-order valence-corrected chi connectivity index (χ3v) is 6.42. The van der Waals surface area contributed by atoms with Crippen molar-refractivity contribution in [3.05, 3.63) is 29.8 Å². The van der Waals surface area contributed by atoms with E-state index in [1.807, 2.05) is 6.92 Å². The van der Waals surface area contributed by atoms with Crippen LogP contribution in [0.5, 0.6) is 0 Å². The van der Waals surface area contributed by atoms with Gasteiger partial charge in [0.1, 0.15) is 0 Å². The smallest absolute Gasteiger partial charge is 0.297 e. The minimum atomic E-state index is -3.75. The molecular weight excluding hydrogens is 468 g/mol. The van der Waals surface area contributed by atoms with Gasteiger partial charge < -0.3 is 28.1 Å². The van der Waals surface area contributed by atoms with Crippen molar-refractivity contribution in [2.45, 2.75) is 31.5 Å². The molecule has 0 heterocycles. The van der Waals surface area contributed by atoms with E-state index in [0.29, 0.717) is 66.1 Å². The van der Waals surface area contributed by atoms with E-state index >= 15 is 0 Å². The number of aryl methyl sites for hydroxylation is 1. The van der Waals surface area contributed by atoms with Crippen LogP contribution in [0, 0.1) is 6.92 Å². The lowest BCUT2D eigenvalue weighted by Crippen LogP contribution is -2.27. The Balaban J connectivity index is 1.81. The molecule has 0 amide bonds. The van der Waals surface area contributed by atoms with Crippen molar-refractivity contribution in [1.82, 2.24) is 0 Å². The molecule has 1 rings (SSSR count). The lowest BCUT2D eigenvalue weighted by atomic mass is 10.2. The number of ether oxygens (including phenoxy) is 5. The van der Waals surface area contributed by atoms with E-state index in [-0.39, 0.29) is 18.1 Å². The Kier molecular flexibility index (Phi) is 16.0. The van der Waals surface area contributed by atoms with Gasteiger partial charge in [0.25, 0.3) is 10.1 Å². The molecule has 0 spiro atoms. The van der Waals surface area contributed by atoms with Crippen molar-refractivity contribution in [2.24, 2.45) is 0 Å². The van der Waals surface area contributed by atoms with Gasteiger partial charge in [-0.1, -0.05) is 17.7 Å². The molecule has 0 N–H and O–H groups in total. The van der Waals surface area contributed by atoms with Gasteiger partial charge in [-0.2, -0.15) is 8.42 Å². The van der Waals surface area contributed by atoms with Crippen LogP contribution in [0.25, 0.3) is 0 Å². The van der Waals surface area contributed by atoms with Gasteiger partial charge in [-0.3, -0.25) is 4.18 Å². The van der Waals surface area contributed by atoms with Gasteiger partial charge in [-0.15, -0.1) is 0 Å². The van der Waals surface area contributed by atoms with Crippen molar-refractivity contribution in [3.63, 3.8) is 0 Å². The Morgan fingerprint density at radius 2 is 0.970 bits per heavy atom. The van der Waals surface area contributed by atoms with Gasteiger partial charge in [0, 0.05) is 0 Å². The summed E-state index contributed by atoms with van der Waals surface area (Å²) in [4.78, 5) is 0.137. The SMILES string of the molecule is Cc1ccc(S(=O)(=O)OCCOCCOCCOCCOCCOCCO[Si](C)(C)C)cc1. The van der Waals surface area contributed by atoms with E-state index in [4.69, 9.17) is 32.3 Å². The van der Waals surface area contributed by atoms with Crippen LogP contribution in [0.1, 0.15) is 5.56 Å². The van der Waals surface area contributed by atoms with Crippen molar-refractivity contribution in [2.75, 3.05) is 79.3 Å². The second kappa shape index (κ2) is 17.5. The van der Waals surface area contributed by atoms with E-state index < -0.39 is 18.4 Å². The highest BCUT2D eigenvalue weighted by molar-refractivity contribution is 7.86. The van der Waals surface area contributed by atoms with Gasteiger partial charge in [0.05, 0.1) is 84.2 Å². The fraction of sp³-hybridized carbons (Fsp3) is 0.727. The van der Waals surface area contributed by atoms with Crippen LogP contribution in [-0.2, 0) is 42.4 Å². The Hall–Kier alpha value is -0.893. The zero-order valence-corrected chi connectivity index (χ0v) is 22.2. The zero-order valence-electron chi connectivity index (χ0n) is 20.4. The van der Waals surface area contributed by atoms with Crippen LogP contribution >= 0.6 is 0 Å². The first kappa shape index (κ1) is 30.1. The highest BCUT2D eigenvalue weighted by atomic mass is 32.2. The standard InChI is InChI=1S/C22H40O9SSi/c1-21-5-7-22(8-6-21)32(23,24)30-19-17-28-15-13-26-11-9-25-10-12-27-14-16-29-18-20-31-33(2,3)4/h5-8H,9-20H2,1-4H3. The Bertz CT molecular complexity index is 706. The van der Waals surface area contributed by atoms with E-state index in [0.717, 1.165) is 5.56 Å². The van der Waals surface area contributed by atoms with Crippen molar-refractivity contribution in [3.8, 4) is 0 Å². The molecule has 0 aromatic heterocycles. The summed E-state index contributed by atoms with van der Waals surface area (Å²) < 4.78 is 61.6. The molecular formula is C22H40O9SSi. The summed E-state index contributed by atoms with van der Waals surface area (Å²) >= 11 is 0. The molecule has 0 bridgehead atoms. The van der Waals surface area contributed by atoms with Crippen LogP contribution in [0.15, 0.2) is 29.2 Å². The fourth-order valence-electron chi connectivity index (χ4n) is 2.36. The highest BCUT2D eigenvalue weighted by Gasteiger charge is 2.14. The van der Waals surface area contributed by atoms with Crippen molar-refractivity contribution >= 4 is 18.4 Å². The molecule has 0 radical (unpaired) electrons. The molecule has 0 aliphatic heterocycles. The molecule has 11 heteroatoms. The maximum absolute atomic E-state index is 12.0. The lowest BCUT2D eigenvalue weighted by Gasteiger charge is -2.16. The highest BCUT2D eigenvalue weighted by Crippen LogP contribution is 2.12. The summed E-state index contributed by atoms with van der Waals surface area (Å²) in [6.07, 6.45) is 0. The summed E-state index contributed by atoms with van der Waals surface area (Å²) in [5.74, 6) is 0. The fourth-order valence-corrected chi connectivity index (χ4v) is 3.95. The maximum Gasteiger partial charge on any atom is 0.297 e. The second-order valence-corrected chi connectivity index (χ2v) is 14.2. The molecule has 0 aliphatic carbocycles. The first-order chi connectivity index (χ1) is 15.7. The quantitative estimate of drug-likeness (QED) is 0.141. The minimum Gasteiger partial charge on any atom is -0.415 e. The third-order valence-electron chi connectivity index (χ3n) is 4.03. The number of hydrogen-bond acceptors (Lipinski definition) is 9. The van der Waals surface area contributed by atoms with E-state index in [9.17, 15) is 8.42 Å². The number of hydrogen-bond donors (Lipinski definition) is 0. The molecule has 192 valence electrons. The molecule has 1 aromatic carbocycles. The van der Waals surface area contributed by atoms with Gasteiger partial charge in [0.2, 0.25) is 0 Å². The predicted molar refractivity (Wildman–Crippen MR) is 128 cm³/mol. The van der Waals surface area contributed by atoms with Crippen LogP contribution in [0.4, 0.5) is 0 Å². The Labute approximate surface area is 199 Å². The third kappa shape index (κ3) is 17.2. The van der Waals surface area contributed by atoms with Gasteiger partial charge >= 0.3 is 0 Å².